The van der Waals surface area contributed by atoms with E-state index in [0.29, 0.717) is 23.5 Å². The van der Waals surface area contributed by atoms with Crippen LogP contribution >= 0.6 is 53.8 Å². The van der Waals surface area contributed by atoms with E-state index in [0.717, 1.165) is 44.9 Å². The van der Waals surface area contributed by atoms with Crippen LogP contribution in [0.2, 0.25) is 0 Å². The Labute approximate surface area is 421 Å². The minimum absolute atomic E-state index is 0.256. The highest BCUT2D eigenvalue weighted by Crippen LogP contribution is 2.49. The molecule has 1 aliphatic rings. The molecule has 0 bridgehead atoms. The Morgan fingerprint density at radius 1 is 0.687 bits per heavy atom. The van der Waals surface area contributed by atoms with Crippen LogP contribution in [0, 0.1) is 0 Å². The summed E-state index contributed by atoms with van der Waals surface area (Å²) < 4.78 is 48.9. The van der Waals surface area contributed by atoms with Crippen molar-refractivity contribution in [3.63, 3.8) is 0 Å². The summed E-state index contributed by atoms with van der Waals surface area (Å²) in [5.41, 5.74) is 3.76. The second-order valence-electron chi connectivity index (χ2n) is 18.2. The molecule has 1 heterocycles. The molecule has 6 atom stereocenters. The Balaban J connectivity index is 1.81. The molecule has 1 aliphatic heterocycles. The number of ether oxygens (including phenoxy) is 5. The lowest BCUT2D eigenvalue weighted by Crippen LogP contribution is -2.62. The summed E-state index contributed by atoms with van der Waals surface area (Å²) >= 11 is 24.8. The first-order valence-corrected chi connectivity index (χ1v) is 28.0. The predicted octanol–water partition coefficient (Wildman–Crippen LogP) is 13.7. The molecule has 0 aromatic heterocycles. The predicted molar refractivity (Wildman–Crippen MR) is 271 cm³/mol. The Morgan fingerprint density at radius 2 is 1.15 bits per heavy atom. The number of carbonyl (C=O) groups excluding carboxylic acids is 3. The first-order chi connectivity index (χ1) is 32.0. The van der Waals surface area contributed by atoms with Crippen LogP contribution in [0.25, 0.3) is 0 Å². The quantitative estimate of drug-likeness (QED) is 0.0239. The summed E-state index contributed by atoms with van der Waals surface area (Å²) in [6, 6.07) is 15.9. The lowest BCUT2D eigenvalue weighted by atomic mass is 9.98. The highest BCUT2D eigenvalue weighted by Gasteiger charge is 2.51. The Bertz CT molecular complexity index is 1690. The number of carbonyl (C=O) groups is 3. The van der Waals surface area contributed by atoms with Crippen LogP contribution in [0.15, 0.2) is 60.7 Å². The Morgan fingerprint density at radius 3 is 1.63 bits per heavy atom. The van der Waals surface area contributed by atoms with Gasteiger partial charge in [-0.25, -0.2) is 4.79 Å². The summed E-state index contributed by atoms with van der Waals surface area (Å²) in [6.07, 6.45) is 17.1. The lowest BCUT2D eigenvalue weighted by molar-refractivity contribution is -0.190. The third kappa shape index (κ3) is 21.8. The minimum Gasteiger partial charge on any atom is -0.462 e. The van der Waals surface area contributed by atoms with Gasteiger partial charge in [0.2, 0.25) is 3.79 Å². The number of hydrogen-bond acceptors (Lipinski definition) is 11. The van der Waals surface area contributed by atoms with Gasteiger partial charge in [0.05, 0.1) is 12.5 Å². The maximum absolute atomic E-state index is 15.3. The van der Waals surface area contributed by atoms with Gasteiger partial charge in [0.1, 0.15) is 31.0 Å². The number of esters is 2. The zero-order valence-electron chi connectivity index (χ0n) is 40.3. The molecule has 0 unspecified atom stereocenters. The van der Waals surface area contributed by atoms with Gasteiger partial charge in [-0.05, 0) is 57.4 Å². The molecular weight excluding hydrogens is 959 g/mol. The Hall–Kier alpha value is -2.08. The molecule has 0 saturated carbocycles. The lowest BCUT2D eigenvalue weighted by Gasteiger charge is -2.43. The number of unbranched alkanes of at least 4 members (excludes halogenated alkanes) is 18. The molecule has 1 saturated heterocycles. The monoisotopic (exact) mass is 1040 g/mol. The van der Waals surface area contributed by atoms with Crippen LogP contribution in [0.1, 0.15) is 175 Å². The maximum atomic E-state index is 15.3. The third-order valence-electron chi connectivity index (χ3n) is 12.1. The molecular formula is C51H78Cl4NO10P. The number of halogens is 4. The van der Waals surface area contributed by atoms with E-state index < -0.39 is 71.5 Å². The number of nitrogens with two attached hydrogens (primary N) is 1. The molecule has 2 aromatic rings. The van der Waals surface area contributed by atoms with Crippen molar-refractivity contribution in [3.8, 4) is 0 Å². The molecule has 2 aromatic carbocycles. The van der Waals surface area contributed by atoms with E-state index in [9.17, 15) is 14.4 Å². The van der Waals surface area contributed by atoms with Crippen molar-refractivity contribution in [2.45, 2.75) is 221 Å². The van der Waals surface area contributed by atoms with Gasteiger partial charge in [-0.15, -0.1) is 0 Å². The van der Waals surface area contributed by atoms with Crippen molar-refractivity contribution in [2.24, 2.45) is 5.73 Å². The average molecular weight is 1040 g/mol. The van der Waals surface area contributed by atoms with Crippen LogP contribution in [0.5, 0.6) is 0 Å². The molecule has 3 rings (SSSR count). The molecule has 67 heavy (non-hydrogen) atoms. The van der Waals surface area contributed by atoms with Crippen LogP contribution in [0.3, 0.4) is 0 Å². The first kappa shape index (κ1) is 59.2. The molecule has 2 N–H and O–H groups in total. The largest absolute Gasteiger partial charge is 0.509 e. The molecule has 0 radical (unpaired) electrons. The summed E-state index contributed by atoms with van der Waals surface area (Å²) in [5, 5.41) is 0.671. The fourth-order valence-corrected chi connectivity index (χ4v) is 10.6. The van der Waals surface area contributed by atoms with Gasteiger partial charge in [0.25, 0.3) is 7.37 Å². The fraction of sp³-hybridized carbons (Fsp3) is 0.706. The molecule has 1 fully saturated rings. The first-order valence-electron chi connectivity index (χ1n) is 24.8. The average Bonchev–Trinajstić information content (AvgIpc) is 3.29. The standard InChI is InChI=1S/C51H78Cl4NO10P/c1-5-7-9-11-13-15-16-18-20-22-30-36-43(57)62-39(31-25-21-19-17-14-12-10-8-6-2)37-44(58)64-47-45(56)48(52)63-42(38-61-49(59)65-50(3,4)51(53,54)55)46(47)66-67(60,40-32-26-23-27-33-40)41-34-28-24-29-35-41/h23-24,26-29,32-35,39,42,45-48H,5-22,25,30-31,36-38,56H2,1-4H3/t39-,42-,45-,46-,47-,48-/m1/s1. The minimum atomic E-state index is -4.03. The van der Waals surface area contributed by atoms with Crippen LogP contribution in [-0.2, 0) is 42.4 Å². The topological polar surface area (TPSA) is 150 Å². The van der Waals surface area contributed by atoms with Gasteiger partial charge in [0, 0.05) is 17.0 Å². The Kier molecular flexibility index (Phi) is 28.3. The van der Waals surface area contributed by atoms with E-state index in [2.05, 4.69) is 13.8 Å². The zero-order chi connectivity index (χ0) is 49.1. The molecule has 11 nitrogen and oxygen atoms in total. The van der Waals surface area contributed by atoms with E-state index in [1.807, 2.05) is 0 Å². The number of rotatable bonds is 33. The normalized spacial score (nSPS) is 19.4. The zero-order valence-corrected chi connectivity index (χ0v) is 44.2. The van der Waals surface area contributed by atoms with E-state index in [1.54, 1.807) is 60.7 Å². The van der Waals surface area contributed by atoms with Gasteiger partial charge in [0.15, 0.2) is 11.2 Å². The fourth-order valence-electron chi connectivity index (χ4n) is 7.91. The third-order valence-corrected chi connectivity index (χ3v) is 16.4. The maximum Gasteiger partial charge on any atom is 0.509 e. The van der Waals surface area contributed by atoms with E-state index >= 15 is 4.57 Å². The van der Waals surface area contributed by atoms with Gasteiger partial charge < -0.3 is 33.9 Å². The molecule has 0 amide bonds. The van der Waals surface area contributed by atoms with Gasteiger partial charge in [-0.2, -0.15) is 0 Å². The van der Waals surface area contributed by atoms with Crippen LogP contribution in [0.4, 0.5) is 4.79 Å². The van der Waals surface area contributed by atoms with Gasteiger partial charge in [-0.1, -0.05) is 212 Å². The molecule has 0 aliphatic carbocycles. The van der Waals surface area contributed by atoms with Crippen LogP contribution in [-0.4, -0.2) is 70.1 Å². The molecule has 380 valence electrons. The van der Waals surface area contributed by atoms with E-state index in [4.69, 9.17) is 80.3 Å². The SMILES string of the molecule is CCCCCCCCCCCCCC(=O)O[C@H](CCCCCCCCCCC)CC(=O)O[C@@H]1[C@@H](N)[C@H](Cl)O[C@H](COC(=O)OC(C)(C)C(Cl)(Cl)Cl)[C@H]1OP(=O)(c1ccccc1)c1ccccc1. The summed E-state index contributed by atoms with van der Waals surface area (Å²) in [7, 11) is -4.03. The number of hydrogen-bond donors (Lipinski definition) is 1. The second kappa shape index (κ2) is 32.0. The molecule has 16 heteroatoms. The smallest absolute Gasteiger partial charge is 0.462 e. The van der Waals surface area contributed by atoms with Crippen molar-refractivity contribution in [1.82, 2.24) is 0 Å². The number of benzene rings is 2. The van der Waals surface area contributed by atoms with Crippen molar-refractivity contribution < 1.29 is 47.2 Å². The van der Waals surface area contributed by atoms with Gasteiger partial charge >= 0.3 is 18.1 Å². The van der Waals surface area contributed by atoms with E-state index in [-0.39, 0.29) is 18.8 Å². The summed E-state index contributed by atoms with van der Waals surface area (Å²) in [5.74, 6) is -1.09. The highest BCUT2D eigenvalue weighted by molar-refractivity contribution is 7.74. The summed E-state index contributed by atoms with van der Waals surface area (Å²) in [6.45, 7) is 6.64. The van der Waals surface area contributed by atoms with Gasteiger partial charge in [-0.3, -0.25) is 14.2 Å². The summed E-state index contributed by atoms with van der Waals surface area (Å²) in [4.78, 5) is 40.4. The molecule has 0 spiro atoms. The van der Waals surface area contributed by atoms with Crippen molar-refractivity contribution in [2.75, 3.05) is 6.61 Å². The van der Waals surface area contributed by atoms with E-state index in [1.165, 1.54) is 90.9 Å². The van der Waals surface area contributed by atoms with Crippen molar-refractivity contribution >= 4 is 82.5 Å². The second-order valence-corrected chi connectivity index (χ2v) is 23.3. The highest BCUT2D eigenvalue weighted by atomic mass is 35.6. The number of alkyl halides is 4. The van der Waals surface area contributed by atoms with Crippen molar-refractivity contribution in [1.29, 1.82) is 0 Å². The van der Waals surface area contributed by atoms with Crippen molar-refractivity contribution in [3.05, 3.63) is 60.7 Å². The van der Waals surface area contributed by atoms with Crippen LogP contribution < -0.4 is 16.3 Å².